The van der Waals surface area contributed by atoms with Crippen molar-refractivity contribution in [2.45, 2.75) is 6.42 Å². The summed E-state index contributed by atoms with van der Waals surface area (Å²) >= 11 is 0. The van der Waals surface area contributed by atoms with Gasteiger partial charge in [-0.2, -0.15) is 0 Å². The normalized spacial score (nSPS) is 13.2. The number of ether oxygens (including phenoxy) is 2. The molecular formula is C11H10O5. The van der Waals surface area contributed by atoms with Gasteiger partial charge in [0.25, 0.3) is 0 Å². The number of fused-ring (bicyclic) bond motifs is 1. The molecule has 0 atom stereocenters. The number of carbonyl (C=O) groups is 2. The van der Waals surface area contributed by atoms with E-state index in [1.807, 2.05) is 0 Å². The van der Waals surface area contributed by atoms with Crippen LogP contribution in [0.5, 0.6) is 11.5 Å². The Morgan fingerprint density at radius 3 is 2.62 bits per heavy atom. The molecule has 0 saturated heterocycles. The van der Waals surface area contributed by atoms with Crippen molar-refractivity contribution in [2.24, 2.45) is 0 Å². The number of aldehydes is 1. The Morgan fingerprint density at radius 1 is 1.31 bits per heavy atom. The third kappa shape index (κ3) is 1.84. The van der Waals surface area contributed by atoms with Crippen molar-refractivity contribution in [2.75, 3.05) is 13.2 Å². The number of rotatable bonds is 3. The SMILES string of the molecule is O=Cc1ccc(CC(=O)O)c2c1OCCO2. The first kappa shape index (κ1) is 10.5. The topological polar surface area (TPSA) is 72.8 Å². The molecule has 84 valence electrons. The molecule has 0 bridgehead atoms. The molecule has 2 rings (SSSR count). The molecule has 1 aromatic rings. The van der Waals surface area contributed by atoms with Crippen molar-refractivity contribution in [3.05, 3.63) is 23.3 Å². The minimum Gasteiger partial charge on any atom is -0.486 e. The van der Waals surface area contributed by atoms with Crippen LogP contribution in [0.15, 0.2) is 12.1 Å². The van der Waals surface area contributed by atoms with Gasteiger partial charge in [-0.05, 0) is 6.07 Å². The largest absolute Gasteiger partial charge is 0.486 e. The first-order chi connectivity index (χ1) is 7.72. The van der Waals surface area contributed by atoms with Crippen molar-refractivity contribution >= 4 is 12.3 Å². The van der Waals surface area contributed by atoms with Crippen LogP contribution >= 0.6 is 0 Å². The van der Waals surface area contributed by atoms with E-state index in [4.69, 9.17) is 14.6 Å². The molecule has 5 nitrogen and oxygen atoms in total. The fourth-order valence-electron chi connectivity index (χ4n) is 1.61. The van der Waals surface area contributed by atoms with Crippen molar-refractivity contribution in [1.82, 2.24) is 0 Å². The van der Waals surface area contributed by atoms with E-state index in [1.165, 1.54) is 0 Å². The summed E-state index contributed by atoms with van der Waals surface area (Å²) in [5, 5.41) is 8.73. The molecule has 1 aliphatic heterocycles. The van der Waals surface area contributed by atoms with E-state index in [9.17, 15) is 9.59 Å². The molecule has 0 saturated carbocycles. The lowest BCUT2D eigenvalue weighted by Crippen LogP contribution is -2.18. The summed E-state index contributed by atoms with van der Waals surface area (Å²) < 4.78 is 10.7. The number of hydrogen-bond acceptors (Lipinski definition) is 4. The maximum atomic E-state index is 10.8. The molecule has 1 aliphatic rings. The maximum absolute atomic E-state index is 10.8. The molecule has 0 amide bonds. The maximum Gasteiger partial charge on any atom is 0.307 e. The van der Waals surface area contributed by atoms with Gasteiger partial charge < -0.3 is 14.6 Å². The summed E-state index contributed by atoms with van der Waals surface area (Å²) in [5.74, 6) is -0.228. The van der Waals surface area contributed by atoms with Gasteiger partial charge in [0.1, 0.15) is 13.2 Å². The Hall–Kier alpha value is -2.04. The first-order valence-electron chi connectivity index (χ1n) is 4.81. The quantitative estimate of drug-likeness (QED) is 0.769. The van der Waals surface area contributed by atoms with E-state index in [0.29, 0.717) is 42.1 Å². The molecule has 0 spiro atoms. The van der Waals surface area contributed by atoms with Crippen LogP contribution < -0.4 is 9.47 Å². The molecular weight excluding hydrogens is 212 g/mol. The smallest absolute Gasteiger partial charge is 0.307 e. The van der Waals surface area contributed by atoms with Gasteiger partial charge >= 0.3 is 5.97 Å². The predicted octanol–water partition coefficient (Wildman–Crippen LogP) is 0.897. The van der Waals surface area contributed by atoms with Gasteiger partial charge in [-0.25, -0.2) is 0 Å². The average molecular weight is 222 g/mol. The van der Waals surface area contributed by atoms with Crippen LogP contribution in [0.4, 0.5) is 0 Å². The van der Waals surface area contributed by atoms with Crippen molar-refractivity contribution in [3.8, 4) is 11.5 Å². The second-order valence-electron chi connectivity index (χ2n) is 3.36. The van der Waals surface area contributed by atoms with Crippen LogP contribution in [0, 0.1) is 0 Å². The number of carboxylic acids is 1. The number of carboxylic acid groups (broad SMARTS) is 1. The van der Waals surface area contributed by atoms with Crippen LogP contribution in [0.25, 0.3) is 0 Å². The van der Waals surface area contributed by atoms with Crippen molar-refractivity contribution < 1.29 is 24.2 Å². The molecule has 1 aromatic carbocycles. The summed E-state index contributed by atoms with van der Waals surface area (Å²) in [6, 6.07) is 3.12. The summed E-state index contributed by atoms with van der Waals surface area (Å²) in [4.78, 5) is 21.4. The highest BCUT2D eigenvalue weighted by atomic mass is 16.6. The van der Waals surface area contributed by atoms with E-state index in [1.54, 1.807) is 12.1 Å². The van der Waals surface area contributed by atoms with E-state index >= 15 is 0 Å². The van der Waals surface area contributed by atoms with Crippen LogP contribution in [0.3, 0.4) is 0 Å². The van der Waals surface area contributed by atoms with Gasteiger partial charge in [0.05, 0.1) is 12.0 Å². The molecule has 1 heterocycles. The predicted molar refractivity (Wildman–Crippen MR) is 54.2 cm³/mol. The summed E-state index contributed by atoms with van der Waals surface area (Å²) in [6.07, 6.45) is 0.517. The van der Waals surface area contributed by atoms with Crippen LogP contribution in [0.2, 0.25) is 0 Å². The first-order valence-corrected chi connectivity index (χ1v) is 4.81. The minimum absolute atomic E-state index is 0.148. The van der Waals surface area contributed by atoms with Gasteiger partial charge in [0.15, 0.2) is 17.8 Å². The Morgan fingerprint density at radius 2 is 2.00 bits per heavy atom. The van der Waals surface area contributed by atoms with Gasteiger partial charge in [-0.3, -0.25) is 9.59 Å². The highest BCUT2D eigenvalue weighted by Crippen LogP contribution is 2.36. The Bertz CT molecular complexity index is 438. The summed E-state index contributed by atoms with van der Waals surface area (Å²) in [5.41, 5.74) is 0.900. The molecule has 0 radical (unpaired) electrons. The van der Waals surface area contributed by atoms with Crippen molar-refractivity contribution in [1.29, 1.82) is 0 Å². The lowest BCUT2D eigenvalue weighted by Gasteiger charge is -2.21. The third-order valence-corrected chi connectivity index (χ3v) is 2.27. The molecule has 0 unspecified atom stereocenters. The molecule has 5 heteroatoms. The second kappa shape index (κ2) is 4.22. The number of carbonyl (C=O) groups excluding carboxylic acids is 1. The Labute approximate surface area is 91.6 Å². The Balaban J connectivity index is 2.47. The van der Waals surface area contributed by atoms with Gasteiger partial charge in [0, 0.05) is 5.56 Å². The number of benzene rings is 1. The highest BCUT2D eigenvalue weighted by molar-refractivity contribution is 5.83. The molecule has 0 aromatic heterocycles. The molecule has 0 aliphatic carbocycles. The average Bonchev–Trinajstić information content (AvgIpc) is 2.29. The third-order valence-electron chi connectivity index (χ3n) is 2.27. The number of hydrogen-bond donors (Lipinski definition) is 1. The summed E-state index contributed by atoms with van der Waals surface area (Å²) in [7, 11) is 0. The van der Waals surface area contributed by atoms with E-state index in [0.717, 1.165) is 0 Å². The molecule has 16 heavy (non-hydrogen) atoms. The van der Waals surface area contributed by atoms with Gasteiger partial charge in [-0.1, -0.05) is 6.07 Å². The molecule has 1 N–H and O–H groups in total. The van der Waals surface area contributed by atoms with Crippen molar-refractivity contribution in [3.63, 3.8) is 0 Å². The monoisotopic (exact) mass is 222 g/mol. The van der Waals surface area contributed by atoms with E-state index in [-0.39, 0.29) is 6.42 Å². The molecule has 0 fully saturated rings. The van der Waals surface area contributed by atoms with Crippen LogP contribution in [0.1, 0.15) is 15.9 Å². The highest BCUT2D eigenvalue weighted by Gasteiger charge is 2.20. The lowest BCUT2D eigenvalue weighted by atomic mass is 10.1. The fourth-order valence-corrected chi connectivity index (χ4v) is 1.61. The zero-order valence-electron chi connectivity index (χ0n) is 8.43. The fraction of sp³-hybridized carbons (Fsp3) is 0.273. The Kier molecular flexibility index (Phi) is 2.76. The van der Waals surface area contributed by atoms with E-state index < -0.39 is 5.97 Å². The second-order valence-corrected chi connectivity index (χ2v) is 3.36. The van der Waals surface area contributed by atoms with Crippen LogP contribution in [-0.4, -0.2) is 30.6 Å². The lowest BCUT2D eigenvalue weighted by molar-refractivity contribution is -0.136. The summed E-state index contributed by atoms with van der Waals surface area (Å²) in [6.45, 7) is 0.728. The zero-order valence-corrected chi connectivity index (χ0v) is 8.43. The minimum atomic E-state index is -0.949. The van der Waals surface area contributed by atoms with Gasteiger partial charge in [0.2, 0.25) is 0 Å². The number of aliphatic carboxylic acids is 1. The van der Waals surface area contributed by atoms with Crippen LogP contribution in [-0.2, 0) is 11.2 Å². The van der Waals surface area contributed by atoms with E-state index in [2.05, 4.69) is 0 Å². The standard InChI is InChI=1S/C11H10O5/c12-6-8-2-1-7(5-9(13)14)10-11(8)16-4-3-15-10/h1-2,6H,3-5H2,(H,13,14). The zero-order chi connectivity index (χ0) is 11.5. The van der Waals surface area contributed by atoms with Gasteiger partial charge in [-0.15, -0.1) is 0 Å².